The van der Waals surface area contributed by atoms with Gasteiger partial charge >= 0.3 is 5.69 Å². The Morgan fingerprint density at radius 3 is 2.40 bits per heavy atom. The van der Waals surface area contributed by atoms with Crippen LogP contribution in [0.5, 0.6) is 0 Å². The Labute approximate surface area is 173 Å². The molecule has 0 aliphatic heterocycles. The third kappa shape index (κ3) is 4.33. The van der Waals surface area contributed by atoms with Crippen molar-refractivity contribution in [1.82, 2.24) is 9.13 Å². The van der Waals surface area contributed by atoms with E-state index in [1.54, 1.807) is 31.2 Å². The van der Waals surface area contributed by atoms with Crippen molar-refractivity contribution in [2.75, 3.05) is 17.6 Å². The molecule has 8 nitrogen and oxygen atoms in total. The van der Waals surface area contributed by atoms with Gasteiger partial charge in [0.1, 0.15) is 11.4 Å². The quantitative estimate of drug-likeness (QED) is 0.485. The second kappa shape index (κ2) is 9.23. The molecule has 2 aromatic carbocycles. The molecule has 3 aromatic rings. The van der Waals surface area contributed by atoms with Crippen LogP contribution >= 0.6 is 0 Å². The number of aromatic nitrogens is 2. The molecule has 156 valence electrons. The molecule has 30 heavy (non-hydrogen) atoms. The molecule has 1 aromatic heterocycles. The molecule has 0 fully saturated rings. The van der Waals surface area contributed by atoms with Crippen molar-refractivity contribution >= 4 is 17.3 Å². The second-order valence-electron chi connectivity index (χ2n) is 6.80. The number of anilines is 2. The van der Waals surface area contributed by atoms with Gasteiger partial charge in [-0.15, -0.1) is 0 Å². The van der Waals surface area contributed by atoms with Gasteiger partial charge < -0.3 is 16.2 Å². The Balaban J connectivity index is 1.96. The van der Waals surface area contributed by atoms with Gasteiger partial charge in [0.15, 0.2) is 5.78 Å². The lowest BCUT2D eigenvalue weighted by atomic mass is 10.1. The third-order valence-electron chi connectivity index (χ3n) is 4.81. The van der Waals surface area contributed by atoms with Crippen LogP contribution < -0.4 is 22.3 Å². The van der Waals surface area contributed by atoms with Crippen LogP contribution in [0.25, 0.3) is 0 Å². The lowest BCUT2D eigenvalue weighted by Gasteiger charge is -2.16. The van der Waals surface area contributed by atoms with Crippen LogP contribution in [0.4, 0.5) is 11.5 Å². The van der Waals surface area contributed by atoms with Crippen LogP contribution in [0.3, 0.4) is 0 Å². The first kappa shape index (κ1) is 21.1. The van der Waals surface area contributed by atoms with E-state index in [2.05, 4.69) is 5.32 Å². The maximum absolute atomic E-state index is 12.9. The largest absolute Gasteiger partial charge is 0.392 e. The lowest BCUT2D eigenvalue weighted by Crippen LogP contribution is -2.44. The average Bonchev–Trinajstić information content (AvgIpc) is 2.76. The molecule has 3 rings (SSSR count). The van der Waals surface area contributed by atoms with Gasteiger partial charge in [-0.2, -0.15) is 0 Å². The summed E-state index contributed by atoms with van der Waals surface area (Å²) >= 11 is 0. The van der Waals surface area contributed by atoms with E-state index in [1.807, 2.05) is 30.3 Å². The minimum Gasteiger partial charge on any atom is -0.392 e. The summed E-state index contributed by atoms with van der Waals surface area (Å²) in [4.78, 5) is 38.4. The number of nitrogens with zero attached hydrogens (tertiary/aromatic N) is 2. The maximum atomic E-state index is 12.9. The summed E-state index contributed by atoms with van der Waals surface area (Å²) in [5.41, 5.74) is 6.83. The number of hydrogen-bond donors (Lipinski definition) is 3. The summed E-state index contributed by atoms with van der Waals surface area (Å²) in [6.45, 7) is 1.64. The van der Waals surface area contributed by atoms with Crippen LogP contribution in [0.15, 0.2) is 64.2 Å². The predicted molar refractivity (Wildman–Crippen MR) is 116 cm³/mol. The highest BCUT2D eigenvalue weighted by Gasteiger charge is 2.22. The maximum Gasteiger partial charge on any atom is 0.332 e. The molecule has 0 atom stereocenters. The molecule has 0 saturated carbocycles. The topological polar surface area (TPSA) is 119 Å². The molecular weight excluding hydrogens is 384 g/mol. The van der Waals surface area contributed by atoms with E-state index in [4.69, 9.17) is 5.73 Å². The number of aliphatic hydroxyl groups is 1. The van der Waals surface area contributed by atoms with Gasteiger partial charge in [-0.3, -0.25) is 18.7 Å². The third-order valence-corrected chi connectivity index (χ3v) is 4.81. The Morgan fingerprint density at radius 1 is 1.03 bits per heavy atom. The van der Waals surface area contributed by atoms with Gasteiger partial charge in [-0.25, -0.2) is 4.79 Å². The summed E-state index contributed by atoms with van der Waals surface area (Å²) in [7, 11) is 0. The summed E-state index contributed by atoms with van der Waals surface area (Å²) in [6.07, 6.45) is 0. The monoisotopic (exact) mass is 408 g/mol. The number of carbonyl (C=O) groups is 1. The van der Waals surface area contributed by atoms with Crippen molar-refractivity contribution < 1.29 is 9.90 Å². The molecule has 0 bridgehead atoms. The number of nitrogen functional groups attached to an aromatic ring is 1. The molecule has 0 aliphatic rings. The molecule has 8 heteroatoms. The van der Waals surface area contributed by atoms with Crippen molar-refractivity contribution in [1.29, 1.82) is 0 Å². The van der Waals surface area contributed by atoms with Crippen LogP contribution in [0, 0.1) is 0 Å². The predicted octanol–water partition coefficient (Wildman–Crippen LogP) is 1.45. The van der Waals surface area contributed by atoms with Crippen molar-refractivity contribution in [3.05, 3.63) is 92.1 Å². The number of nitrogens with one attached hydrogen (secondary N) is 1. The standard InChI is InChI=1S/C22H24N4O4/c1-2-25-21(29)19(18(28)12-24-17-10-6-9-16(11-17)14-27)20(23)26(22(25)30)13-15-7-4-3-5-8-15/h3-11,24,27H,2,12-14,23H2,1H3. The minimum atomic E-state index is -0.694. The minimum absolute atomic E-state index is 0.123. The van der Waals surface area contributed by atoms with Crippen LogP contribution in [0.2, 0.25) is 0 Å². The van der Waals surface area contributed by atoms with E-state index in [9.17, 15) is 19.5 Å². The molecule has 4 N–H and O–H groups in total. The Hall–Kier alpha value is -3.65. The number of benzene rings is 2. The molecule has 0 radical (unpaired) electrons. The first-order chi connectivity index (χ1) is 14.5. The van der Waals surface area contributed by atoms with E-state index in [0.717, 1.165) is 10.1 Å². The van der Waals surface area contributed by atoms with E-state index >= 15 is 0 Å². The number of carbonyl (C=O) groups excluding carboxylic acids is 1. The molecule has 0 amide bonds. The Kier molecular flexibility index (Phi) is 6.48. The highest BCUT2D eigenvalue weighted by Crippen LogP contribution is 2.13. The molecule has 0 saturated heterocycles. The fourth-order valence-corrected chi connectivity index (χ4v) is 3.23. The summed E-state index contributed by atoms with van der Waals surface area (Å²) in [5.74, 6) is -0.662. The fraction of sp³-hybridized carbons (Fsp3) is 0.227. The molecule has 1 heterocycles. The SMILES string of the molecule is CCn1c(=O)c(C(=O)CNc2cccc(CO)c2)c(N)n(Cc2ccccc2)c1=O. The van der Waals surface area contributed by atoms with E-state index in [-0.39, 0.29) is 37.6 Å². The lowest BCUT2D eigenvalue weighted by molar-refractivity contribution is 0.100. The van der Waals surface area contributed by atoms with Crippen molar-refractivity contribution in [3.8, 4) is 0 Å². The zero-order chi connectivity index (χ0) is 21.7. The summed E-state index contributed by atoms with van der Waals surface area (Å²) in [5, 5.41) is 12.2. The number of rotatable bonds is 8. The number of hydrogen-bond acceptors (Lipinski definition) is 6. The smallest absolute Gasteiger partial charge is 0.332 e. The van der Waals surface area contributed by atoms with Crippen molar-refractivity contribution in [2.45, 2.75) is 26.6 Å². The molecule has 0 spiro atoms. The summed E-state index contributed by atoms with van der Waals surface area (Å²) < 4.78 is 2.26. The van der Waals surface area contributed by atoms with Crippen molar-refractivity contribution in [3.63, 3.8) is 0 Å². The zero-order valence-electron chi connectivity index (χ0n) is 16.7. The normalized spacial score (nSPS) is 10.7. The Bertz CT molecular complexity index is 1170. The zero-order valence-corrected chi connectivity index (χ0v) is 16.7. The van der Waals surface area contributed by atoms with Gasteiger partial charge in [0.2, 0.25) is 0 Å². The Morgan fingerprint density at radius 2 is 1.73 bits per heavy atom. The van der Waals surface area contributed by atoms with Gasteiger partial charge in [-0.1, -0.05) is 42.5 Å². The number of ketones is 1. The van der Waals surface area contributed by atoms with Gasteiger partial charge in [-0.05, 0) is 30.2 Å². The van der Waals surface area contributed by atoms with Crippen molar-refractivity contribution in [2.24, 2.45) is 0 Å². The second-order valence-corrected chi connectivity index (χ2v) is 6.80. The van der Waals surface area contributed by atoms with Crippen LogP contribution in [-0.2, 0) is 19.7 Å². The van der Waals surface area contributed by atoms with Gasteiger partial charge in [0.25, 0.3) is 5.56 Å². The first-order valence-corrected chi connectivity index (χ1v) is 9.60. The highest BCUT2D eigenvalue weighted by molar-refractivity contribution is 6.02. The van der Waals surface area contributed by atoms with Crippen LogP contribution in [0.1, 0.15) is 28.4 Å². The molecular formula is C22H24N4O4. The molecule has 0 unspecified atom stereocenters. The number of Topliss-reactive ketones (excluding diaryl/α,β-unsaturated/α-hetero) is 1. The van der Waals surface area contributed by atoms with Gasteiger partial charge in [0.05, 0.1) is 19.7 Å². The van der Waals surface area contributed by atoms with Crippen LogP contribution in [-0.4, -0.2) is 26.6 Å². The summed E-state index contributed by atoms with van der Waals surface area (Å²) in [6, 6.07) is 16.2. The van der Waals surface area contributed by atoms with E-state index in [0.29, 0.717) is 11.3 Å². The highest BCUT2D eigenvalue weighted by atomic mass is 16.3. The number of nitrogens with two attached hydrogens (primary N) is 1. The van der Waals surface area contributed by atoms with Gasteiger partial charge in [0, 0.05) is 12.2 Å². The number of aliphatic hydroxyl groups excluding tert-OH is 1. The van der Waals surface area contributed by atoms with E-state index < -0.39 is 17.0 Å². The fourth-order valence-electron chi connectivity index (χ4n) is 3.23. The molecule has 0 aliphatic carbocycles. The van der Waals surface area contributed by atoms with E-state index in [1.165, 1.54) is 4.57 Å². The average molecular weight is 408 g/mol. The first-order valence-electron chi connectivity index (χ1n) is 9.60.